The van der Waals surface area contributed by atoms with Gasteiger partial charge >= 0.3 is 6.03 Å². The smallest absolute Gasteiger partial charge is 0.319 e. The van der Waals surface area contributed by atoms with E-state index in [0.29, 0.717) is 6.04 Å². The number of hydrogen-bond acceptors (Lipinski definition) is 3. The number of benzene rings is 2. The molecule has 2 amide bonds. The molecule has 3 atom stereocenters. The zero-order valence-corrected chi connectivity index (χ0v) is 15.0. The maximum Gasteiger partial charge on any atom is 0.319 e. The van der Waals surface area contributed by atoms with Crippen LogP contribution in [-0.4, -0.2) is 48.8 Å². The highest BCUT2D eigenvalue weighted by Gasteiger charge is 2.36. The van der Waals surface area contributed by atoms with Crippen LogP contribution in [0.3, 0.4) is 0 Å². The van der Waals surface area contributed by atoms with E-state index in [1.54, 1.807) is 0 Å². The van der Waals surface area contributed by atoms with Gasteiger partial charge in [-0.25, -0.2) is 4.79 Å². The average Bonchev–Trinajstić information content (AvgIpc) is 3.04. The Morgan fingerprint density at radius 2 is 1.85 bits per heavy atom. The summed E-state index contributed by atoms with van der Waals surface area (Å²) >= 11 is 0. The predicted octanol–water partition coefficient (Wildman–Crippen LogP) is 3.34. The van der Waals surface area contributed by atoms with Gasteiger partial charge in [-0.3, -0.25) is 4.90 Å². The fourth-order valence-electron chi connectivity index (χ4n) is 3.95. The number of nitrogens with zero attached hydrogens (tertiary/aromatic N) is 1. The molecule has 2 heterocycles. The van der Waals surface area contributed by atoms with E-state index in [0.717, 1.165) is 42.9 Å². The van der Waals surface area contributed by atoms with Crippen molar-refractivity contribution in [1.29, 1.82) is 0 Å². The summed E-state index contributed by atoms with van der Waals surface area (Å²) in [7, 11) is 0. The second-order valence-electron chi connectivity index (χ2n) is 7.19. The van der Waals surface area contributed by atoms with Crippen molar-refractivity contribution in [3.8, 4) is 11.1 Å². The van der Waals surface area contributed by atoms with E-state index in [1.165, 1.54) is 0 Å². The van der Waals surface area contributed by atoms with E-state index in [9.17, 15) is 4.79 Å². The molecule has 5 nitrogen and oxygen atoms in total. The van der Waals surface area contributed by atoms with Gasteiger partial charge in [0.15, 0.2) is 0 Å². The minimum atomic E-state index is -0.146. The number of amides is 2. The molecule has 0 radical (unpaired) electrons. The number of para-hydroxylation sites is 1. The highest BCUT2D eigenvalue weighted by molar-refractivity contribution is 5.94. The van der Waals surface area contributed by atoms with Crippen LogP contribution in [-0.2, 0) is 4.74 Å². The molecule has 0 aromatic heterocycles. The highest BCUT2D eigenvalue weighted by Crippen LogP contribution is 2.28. The summed E-state index contributed by atoms with van der Waals surface area (Å²) in [5.41, 5.74) is 2.94. The number of fused-ring (bicyclic) bond motifs is 1. The minimum absolute atomic E-state index is 0.146. The summed E-state index contributed by atoms with van der Waals surface area (Å²) in [6, 6.07) is 18.4. The number of urea groups is 1. The SMILES string of the molecule is C[C@H]1CN2C[C@H](NC(=O)Nc3ccccc3-c3ccccc3)C[C@H]2CO1. The number of nitrogens with one attached hydrogen (secondary N) is 2. The fourth-order valence-corrected chi connectivity index (χ4v) is 3.95. The van der Waals surface area contributed by atoms with Gasteiger partial charge in [-0.2, -0.15) is 0 Å². The molecule has 2 aromatic carbocycles. The van der Waals surface area contributed by atoms with Crippen LogP contribution in [0.25, 0.3) is 11.1 Å². The Morgan fingerprint density at radius 3 is 2.69 bits per heavy atom. The van der Waals surface area contributed by atoms with Gasteiger partial charge in [0.2, 0.25) is 0 Å². The quantitative estimate of drug-likeness (QED) is 0.892. The summed E-state index contributed by atoms with van der Waals surface area (Å²) in [6.07, 6.45) is 1.22. The zero-order valence-electron chi connectivity index (χ0n) is 15.0. The molecule has 2 aliphatic rings. The predicted molar refractivity (Wildman–Crippen MR) is 103 cm³/mol. The number of morpholine rings is 1. The number of carbonyl (C=O) groups excluding carboxylic acids is 1. The van der Waals surface area contributed by atoms with Crippen molar-refractivity contribution >= 4 is 11.7 Å². The van der Waals surface area contributed by atoms with Crippen molar-refractivity contribution in [1.82, 2.24) is 10.2 Å². The first kappa shape index (κ1) is 17.1. The first-order chi connectivity index (χ1) is 12.7. The molecule has 2 aromatic rings. The number of rotatable bonds is 3. The first-order valence-electron chi connectivity index (χ1n) is 9.26. The topological polar surface area (TPSA) is 53.6 Å². The van der Waals surface area contributed by atoms with E-state index in [-0.39, 0.29) is 18.2 Å². The Bertz CT molecular complexity index is 765. The van der Waals surface area contributed by atoms with E-state index in [4.69, 9.17) is 4.74 Å². The lowest BCUT2D eigenvalue weighted by Crippen LogP contribution is -2.45. The third-order valence-electron chi connectivity index (χ3n) is 5.19. The molecule has 2 fully saturated rings. The summed E-state index contributed by atoms with van der Waals surface area (Å²) in [6.45, 7) is 4.70. The number of anilines is 1. The molecular weight excluding hydrogens is 326 g/mol. The van der Waals surface area contributed by atoms with Gasteiger partial charge in [0, 0.05) is 30.7 Å². The lowest BCUT2D eigenvalue weighted by atomic mass is 10.0. The zero-order chi connectivity index (χ0) is 17.9. The van der Waals surface area contributed by atoms with Crippen molar-refractivity contribution in [2.45, 2.75) is 31.5 Å². The molecule has 0 unspecified atom stereocenters. The van der Waals surface area contributed by atoms with Gasteiger partial charge in [0.25, 0.3) is 0 Å². The second kappa shape index (κ2) is 7.48. The van der Waals surface area contributed by atoms with E-state index in [2.05, 4.69) is 34.6 Å². The maximum atomic E-state index is 12.5. The van der Waals surface area contributed by atoms with Crippen molar-refractivity contribution < 1.29 is 9.53 Å². The van der Waals surface area contributed by atoms with E-state index in [1.807, 2.05) is 42.5 Å². The molecule has 0 bridgehead atoms. The third kappa shape index (κ3) is 3.74. The molecule has 2 N–H and O–H groups in total. The number of carbonyl (C=O) groups is 1. The first-order valence-corrected chi connectivity index (χ1v) is 9.26. The Balaban J connectivity index is 1.40. The molecule has 0 aliphatic carbocycles. The van der Waals surface area contributed by atoms with Crippen molar-refractivity contribution in [3.63, 3.8) is 0 Å². The van der Waals surface area contributed by atoms with Gasteiger partial charge in [-0.15, -0.1) is 0 Å². The van der Waals surface area contributed by atoms with Gasteiger partial charge < -0.3 is 15.4 Å². The normalized spacial score (nSPS) is 25.5. The van der Waals surface area contributed by atoms with E-state index < -0.39 is 0 Å². The van der Waals surface area contributed by atoms with Crippen LogP contribution in [0.15, 0.2) is 54.6 Å². The maximum absolute atomic E-state index is 12.5. The molecular formula is C21H25N3O2. The van der Waals surface area contributed by atoms with Gasteiger partial charge in [-0.05, 0) is 25.0 Å². The van der Waals surface area contributed by atoms with Crippen LogP contribution in [0, 0.1) is 0 Å². The summed E-state index contributed by atoms with van der Waals surface area (Å²) < 4.78 is 5.74. The molecule has 0 spiro atoms. The number of ether oxygens (including phenoxy) is 1. The molecule has 136 valence electrons. The molecule has 5 heteroatoms. The Hall–Kier alpha value is -2.37. The van der Waals surface area contributed by atoms with Gasteiger partial charge in [-0.1, -0.05) is 48.5 Å². The molecule has 0 saturated carbocycles. The molecule has 2 aliphatic heterocycles. The third-order valence-corrected chi connectivity index (χ3v) is 5.19. The average molecular weight is 351 g/mol. The van der Waals surface area contributed by atoms with Crippen molar-refractivity contribution in [2.75, 3.05) is 25.0 Å². The van der Waals surface area contributed by atoms with Crippen LogP contribution in [0.4, 0.5) is 10.5 Å². The molecule has 26 heavy (non-hydrogen) atoms. The van der Waals surface area contributed by atoms with Crippen LogP contribution in [0.2, 0.25) is 0 Å². The Morgan fingerprint density at radius 1 is 1.08 bits per heavy atom. The standard InChI is InChI=1S/C21H25N3O2/c1-15-12-24-13-17(11-18(24)14-26-15)22-21(25)23-20-10-6-5-9-19(20)16-7-3-2-4-8-16/h2-10,15,17-18H,11-14H2,1H3,(H2,22,23,25)/t15-,17+,18-/m0/s1. The number of hydrogen-bond donors (Lipinski definition) is 2. The molecule has 4 rings (SSSR count). The van der Waals surface area contributed by atoms with Crippen LogP contribution < -0.4 is 10.6 Å². The molecule has 2 saturated heterocycles. The van der Waals surface area contributed by atoms with Gasteiger partial charge in [0.05, 0.1) is 18.4 Å². The van der Waals surface area contributed by atoms with Crippen molar-refractivity contribution in [2.24, 2.45) is 0 Å². The Labute approximate surface area is 154 Å². The largest absolute Gasteiger partial charge is 0.376 e. The Kier molecular flexibility index (Phi) is 4.91. The van der Waals surface area contributed by atoms with Crippen LogP contribution in [0.1, 0.15) is 13.3 Å². The van der Waals surface area contributed by atoms with Crippen LogP contribution >= 0.6 is 0 Å². The minimum Gasteiger partial charge on any atom is -0.376 e. The van der Waals surface area contributed by atoms with Crippen LogP contribution in [0.5, 0.6) is 0 Å². The summed E-state index contributed by atoms with van der Waals surface area (Å²) in [4.78, 5) is 15.0. The lowest BCUT2D eigenvalue weighted by molar-refractivity contribution is -0.0390. The summed E-state index contributed by atoms with van der Waals surface area (Å²) in [5.74, 6) is 0. The summed E-state index contributed by atoms with van der Waals surface area (Å²) in [5, 5.41) is 6.16. The monoisotopic (exact) mass is 351 g/mol. The lowest BCUT2D eigenvalue weighted by Gasteiger charge is -2.33. The van der Waals surface area contributed by atoms with E-state index >= 15 is 0 Å². The van der Waals surface area contributed by atoms with Gasteiger partial charge in [0.1, 0.15) is 0 Å². The fraction of sp³-hybridized carbons (Fsp3) is 0.381. The van der Waals surface area contributed by atoms with Crippen molar-refractivity contribution in [3.05, 3.63) is 54.6 Å². The second-order valence-corrected chi connectivity index (χ2v) is 7.19. The highest BCUT2D eigenvalue weighted by atomic mass is 16.5.